The van der Waals surface area contributed by atoms with E-state index in [9.17, 15) is 0 Å². The van der Waals surface area contributed by atoms with E-state index in [1.165, 1.54) is 6.42 Å². The average Bonchev–Trinajstić information content (AvgIpc) is 2.18. The third-order valence-corrected chi connectivity index (χ3v) is 2.40. The van der Waals surface area contributed by atoms with E-state index in [4.69, 9.17) is 5.73 Å². The number of rotatable bonds is 5. The molecular formula is C10H16BrN3. The molecule has 1 atom stereocenters. The second-order valence-electron chi connectivity index (χ2n) is 3.25. The number of nitrogens with zero attached hydrogens (tertiary/aromatic N) is 1. The van der Waals surface area contributed by atoms with E-state index >= 15 is 0 Å². The van der Waals surface area contributed by atoms with Gasteiger partial charge in [0, 0.05) is 10.7 Å². The lowest BCUT2D eigenvalue weighted by Crippen LogP contribution is -2.29. The summed E-state index contributed by atoms with van der Waals surface area (Å²) < 4.78 is 0.977. The van der Waals surface area contributed by atoms with Gasteiger partial charge in [0.2, 0.25) is 0 Å². The van der Waals surface area contributed by atoms with Crippen LogP contribution in [0.5, 0.6) is 0 Å². The predicted octanol–water partition coefficient (Wildman–Crippen LogP) is 2.73. The van der Waals surface area contributed by atoms with Gasteiger partial charge in [-0.1, -0.05) is 19.8 Å². The van der Waals surface area contributed by atoms with E-state index < -0.39 is 0 Å². The summed E-state index contributed by atoms with van der Waals surface area (Å²) in [6.07, 6.45) is 5.06. The Hall–Kier alpha value is -0.610. The third kappa shape index (κ3) is 4.07. The van der Waals surface area contributed by atoms with Crippen molar-refractivity contribution >= 4 is 21.7 Å². The van der Waals surface area contributed by atoms with Gasteiger partial charge >= 0.3 is 0 Å². The van der Waals surface area contributed by atoms with Gasteiger partial charge in [0.05, 0.1) is 6.17 Å². The summed E-state index contributed by atoms with van der Waals surface area (Å²) in [7, 11) is 0. The summed E-state index contributed by atoms with van der Waals surface area (Å²) >= 11 is 3.33. The molecule has 1 rings (SSSR count). The van der Waals surface area contributed by atoms with Gasteiger partial charge in [0.25, 0.3) is 0 Å². The van der Waals surface area contributed by atoms with Crippen LogP contribution >= 0.6 is 15.9 Å². The highest BCUT2D eigenvalue weighted by Gasteiger charge is 2.01. The van der Waals surface area contributed by atoms with Gasteiger partial charge in [-0.25, -0.2) is 4.98 Å². The number of hydrogen-bond acceptors (Lipinski definition) is 3. The highest BCUT2D eigenvalue weighted by atomic mass is 79.9. The molecule has 0 radical (unpaired) electrons. The fraction of sp³-hybridized carbons (Fsp3) is 0.500. The molecule has 0 amide bonds. The van der Waals surface area contributed by atoms with Crippen LogP contribution in [0.15, 0.2) is 22.8 Å². The van der Waals surface area contributed by atoms with Crippen molar-refractivity contribution in [3.05, 3.63) is 22.8 Å². The Morgan fingerprint density at radius 2 is 2.36 bits per heavy atom. The van der Waals surface area contributed by atoms with Crippen LogP contribution in [0, 0.1) is 0 Å². The zero-order valence-corrected chi connectivity index (χ0v) is 9.92. The minimum absolute atomic E-state index is 0.00336. The normalized spacial score (nSPS) is 12.5. The Morgan fingerprint density at radius 3 is 2.93 bits per heavy atom. The van der Waals surface area contributed by atoms with E-state index in [1.54, 1.807) is 6.20 Å². The van der Waals surface area contributed by atoms with Crippen molar-refractivity contribution in [3.63, 3.8) is 0 Å². The lowest BCUT2D eigenvalue weighted by molar-refractivity contribution is 0.624. The number of anilines is 1. The van der Waals surface area contributed by atoms with Gasteiger partial charge in [0.1, 0.15) is 5.82 Å². The molecule has 0 aromatic carbocycles. The van der Waals surface area contributed by atoms with Crippen LogP contribution < -0.4 is 11.1 Å². The van der Waals surface area contributed by atoms with Crippen molar-refractivity contribution in [1.82, 2.24) is 4.98 Å². The van der Waals surface area contributed by atoms with Gasteiger partial charge in [0.15, 0.2) is 0 Å². The smallest absolute Gasteiger partial charge is 0.127 e. The minimum atomic E-state index is 0.00336. The molecule has 0 saturated carbocycles. The van der Waals surface area contributed by atoms with E-state index in [0.29, 0.717) is 0 Å². The van der Waals surface area contributed by atoms with E-state index in [-0.39, 0.29) is 6.17 Å². The third-order valence-electron chi connectivity index (χ3n) is 1.93. The van der Waals surface area contributed by atoms with Gasteiger partial charge < -0.3 is 11.1 Å². The van der Waals surface area contributed by atoms with Crippen molar-refractivity contribution in [3.8, 4) is 0 Å². The summed E-state index contributed by atoms with van der Waals surface area (Å²) in [5, 5.41) is 3.15. The van der Waals surface area contributed by atoms with Gasteiger partial charge in [-0.2, -0.15) is 0 Å². The van der Waals surface area contributed by atoms with Crippen molar-refractivity contribution < 1.29 is 0 Å². The van der Waals surface area contributed by atoms with E-state index in [2.05, 4.69) is 33.2 Å². The maximum Gasteiger partial charge on any atom is 0.127 e. The molecule has 0 saturated heterocycles. The molecule has 0 aliphatic rings. The molecule has 0 aliphatic carbocycles. The van der Waals surface area contributed by atoms with Crippen LogP contribution in [-0.4, -0.2) is 11.1 Å². The molecule has 0 spiro atoms. The van der Waals surface area contributed by atoms with E-state index in [1.807, 2.05) is 12.1 Å². The number of nitrogens with two attached hydrogens (primary N) is 1. The second-order valence-corrected chi connectivity index (χ2v) is 4.17. The molecule has 1 aromatic rings. The number of nitrogens with one attached hydrogen (secondary N) is 1. The van der Waals surface area contributed by atoms with Crippen molar-refractivity contribution in [1.29, 1.82) is 0 Å². The molecule has 1 heterocycles. The molecule has 0 aliphatic heterocycles. The zero-order valence-electron chi connectivity index (χ0n) is 8.33. The number of halogens is 1. The summed E-state index contributed by atoms with van der Waals surface area (Å²) in [4.78, 5) is 4.19. The van der Waals surface area contributed by atoms with Crippen LogP contribution in [0.3, 0.4) is 0 Å². The maximum absolute atomic E-state index is 5.87. The number of aromatic nitrogens is 1. The topological polar surface area (TPSA) is 50.9 Å². The first-order chi connectivity index (χ1) is 6.72. The molecule has 4 heteroatoms. The van der Waals surface area contributed by atoms with Gasteiger partial charge in [-0.15, -0.1) is 0 Å². The Kier molecular flexibility index (Phi) is 4.90. The highest BCUT2D eigenvalue weighted by molar-refractivity contribution is 9.10. The fourth-order valence-corrected chi connectivity index (χ4v) is 1.38. The lowest BCUT2D eigenvalue weighted by Gasteiger charge is -2.13. The van der Waals surface area contributed by atoms with Crippen molar-refractivity contribution in [2.45, 2.75) is 32.4 Å². The molecule has 14 heavy (non-hydrogen) atoms. The fourth-order valence-electron chi connectivity index (χ4n) is 1.15. The first-order valence-electron chi connectivity index (χ1n) is 4.86. The molecule has 1 unspecified atom stereocenters. The van der Waals surface area contributed by atoms with Crippen molar-refractivity contribution in [2.24, 2.45) is 5.73 Å². The van der Waals surface area contributed by atoms with Crippen LogP contribution in [0.1, 0.15) is 26.2 Å². The molecule has 78 valence electrons. The number of pyridine rings is 1. The van der Waals surface area contributed by atoms with Crippen molar-refractivity contribution in [2.75, 3.05) is 5.32 Å². The molecule has 3 N–H and O–H groups in total. The molecule has 0 fully saturated rings. The second kappa shape index (κ2) is 5.98. The summed E-state index contributed by atoms with van der Waals surface area (Å²) in [5.74, 6) is 0.830. The van der Waals surface area contributed by atoms with Crippen LogP contribution in [0.4, 0.5) is 5.82 Å². The van der Waals surface area contributed by atoms with E-state index in [0.717, 1.165) is 23.1 Å². The highest BCUT2D eigenvalue weighted by Crippen LogP contribution is 2.11. The Balaban J connectivity index is 2.39. The Labute approximate surface area is 93.2 Å². The quantitative estimate of drug-likeness (QED) is 0.798. The molecule has 0 bridgehead atoms. The standard InChI is InChI=1S/C10H16BrN3/c1-2-3-4-9(12)14-10-6-5-8(11)7-13-10/h5-7,9H,2-4,12H2,1H3,(H,13,14). The first-order valence-corrected chi connectivity index (χ1v) is 5.65. The van der Waals surface area contributed by atoms with Crippen LogP contribution in [-0.2, 0) is 0 Å². The SMILES string of the molecule is CCCCC(N)Nc1ccc(Br)cn1. The monoisotopic (exact) mass is 257 g/mol. The summed E-state index contributed by atoms with van der Waals surface area (Å²) in [6.45, 7) is 2.16. The van der Waals surface area contributed by atoms with Gasteiger partial charge in [-0.05, 0) is 34.5 Å². The summed E-state index contributed by atoms with van der Waals surface area (Å²) in [5.41, 5.74) is 5.87. The Bertz CT molecular complexity index is 261. The first kappa shape index (κ1) is 11.5. The predicted molar refractivity (Wildman–Crippen MR) is 63.1 cm³/mol. The maximum atomic E-state index is 5.87. The molecule has 1 aromatic heterocycles. The number of hydrogen-bond donors (Lipinski definition) is 2. The number of unbranched alkanes of at least 4 members (excludes halogenated alkanes) is 1. The molecule has 3 nitrogen and oxygen atoms in total. The van der Waals surface area contributed by atoms with Crippen LogP contribution in [0.2, 0.25) is 0 Å². The molecular weight excluding hydrogens is 242 g/mol. The largest absolute Gasteiger partial charge is 0.355 e. The lowest BCUT2D eigenvalue weighted by atomic mass is 10.2. The van der Waals surface area contributed by atoms with Crippen LogP contribution in [0.25, 0.3) is 0 Å². The Morgan fingerprint density at radius 1 is 1.57 bits per heavy atom. The van der Waals surface area contributed by atoms with Gasteiger partial charge in [-0.3, -0.25) is 0 Å². The summed E-state index contributed by atoms with van der Waals surface area (Å²) in [6, 6.07) is 3.86. The minimum Gasteiger partial charge on any atom is -0.355 e. The zero-order chi connectivity index (χ0) is 10.4. The average molecular weight is 258 g/mol.